The van der Waals surface area contributed by atoms with Crippen LogP contribution in [0.25, 0.3) is 10.2 Å². The van der Waals surface area contributed by atoms with Crippen molar-refractivity contribution in [1.29, 1.82) is 0 Å². The monoisotopic (exact) mass is 418 g/mol. The Labute approximate surface area is 165 Å². The Bertz CT molecular complexity index is 1120. The van der Waals surface area contributed by atoms with Crippen molar-refractivity contribution in [3.05, 3.63) is 57.6 Å². The second-order valence-corrected chi connectivity index (χ2v) is 9.36. The number of primary sulfonamides is 1. The van der Waals surface area contributed by atoms with E-state index >= 15 is 0 Å². The molecule has 0 atom stereocenters. The van der Waals surface area contributed by atoms with Gasteiger partial charge in [0.2, 0.25) is 10.0 Å². The van der Waals surface area contributed by atoms with Gasteiger partial charge in [-0.05, 0) is 37.1 Å². The highest BCUT2D eigenvalue weighted by molar-refractivity contribution is 7.89. The van der Waals surface area contributed by atoms with Gasteiger partial charge in [0.25, 0.3) is 5.69 Å². The van der Waals surface area contributed by atoms with E-state index in [0.29, 0.717) is 24.7 Å². The third-order valence-electron chi connectivity index (χ3n) is 4.97. The largest absolute Gasteiger partial charge is 0.366 e. The van der Waals surface area contributed by atoms with E-state index in [2.05, 4.69) is 6.07 Å². The van der Waals surface area contributed by atoms with Crippen LogP contribution < -0.4 is 10.0 Å². The molecule has 10 heteroatoms. The lowest BCUT2D eigenvalue weighted by Gasteiger charge is -2.32. The van der Waals surface area contributed by atoms with E-state index in [1.807, 2.05) is 23.1 Å². The van der Waals surface area contributed by atoms with Crippen LogP contribution in [0.3, 0.4) is 0 Å². The van der Waals surface area contributed by atoms with E-state index in [-0.39, 0.29) is 10.6 Å². The molecule has 0 aliphatic carbocycles. The molecule has 2 N–H and O–H groups in total. The summed E-state index contributed by atoms with van der Waals surface area (Å²) in [6, 6.07) is 11.8. The second-order valence-electron chi connectivity index (χ2n) is 6.73. The quantitative estimate of drug-likeness (QED) is 0.513. The molecular formula is C18H18N4O4S2. The van der Waals surface area contributed by atoms with E-state index in [1.165, 1.54) is 12.1 Å². The van der Waals surface area contributed by atoms with Gasteiger partial charge in [0.05, 0.1) is 25.0 Å². The molecule has 2 aromatic carbocycles. The lowest BCUT2D eigenvalue weighted by molar-refractivity contribution is -0.384. The fourth-order valence-electron chi connectivity index (χ4n) is 3.53. The van der Waals surface area contributed by atoms with Crippen LogP contribution in [-0.4, -0.2) is 31.4 Å². The number of para-hydroxylation sites is 1. The van der Waals surface area contributed by atoms with Crippen molar-refractivity contribution < 1.29 is 13.3 Å². The molecule has 8 nitrogen and oxygen atoms in total. The van der Waals surface area contributed by atoms with Crippen molar-refractivity contribution >= 4 is 43.0 Å². The molecule has 0 saturated carbocycles. The Hall–Kier alpha value is -2.56. The van der Waals surface area contributed by atoms with Gasteiger partial charge < -0.3 is 4.90 Å². The zero-order valence-corrected chi connectivity index (χ0v) is 16.4. The maximum absolute atomic E-state index is 11.5. The number of fused-ring (bicyclic) bond motifs is 1. The van der Waals surface area contributed by atoms with Crippen LogP contribution in [0.15, 0.2) is 47.4 Å². The van der Waals surface area contributed by atoms with Gasteiger partial charge in [-0.15, -0.1) is 11.3 Å². The van der Waals surface area contributed by atoms with E-state index in [4.69, 9.17) is 10.1 Å². The van der Waals surface area contributed by atoms with Crippen LogP contribution in [0.4, 0.5) is 11.4 Å². The van der Waals surface area contributed by atoms with Gasteiger partial charge in [0, 0.05) is 25.1 Å². The second kappa shape index (κ2) is 7.12. The Morgan fingerprint density at radius 3 is 2.54 bits per heavy atom. The summed E-state index contributed by atoms with van der Waals surface area (Å²) in [4.78, 5) is 17.3. The van der Waals surface area contributed by atoms with E-state index in [1.54, 1.807) is 11.3 Å². The Morgan fingerprint density at radius 2 is 1.89 bits per heavy atom. The first kappa shape index (κ1) is 18.8. The molecule has 1 saturated heterocycles. The molecule has 1 aliphatic rings. The number of thiazole rings is 1. The zero-order chi connectivity index (χ0) is 19.9. The summed E-state index contributed by atoms with van der Waals surface area (Å²) in [5.74, 6) is 0.316. The van der Waals surface area contributed by atoms with Crippen molar-refractivity contribution in [2.75, 3.05) is 18.0 Å². The lowest BCUT2D eigenvalue weighted by atomic mass is 9.97. The first-order chi connectivity index (χ1) is 13.3. The summed E-state index contributed by atoms with van der Waals surface area (Å²) >= 11 is 1.70. The number of nitrogens with zero attached hydrogens (tertiary/aromatic N) is 3. The summed E-state index contributed by atoms with van der Waals surface area (Å²) in [5.41, 5.74) is 1.17. The number of anilines is 1. The molecule has 28 heavy (non-hydrogen) atoms. The van der Waals surface area contributed by atoms with Gasteiger partial charge in [-0.1, -0.05) is 12.1 Å². The number of nitrogens with two attached hydrogens (primary N) is 1. The normalized spacial score (nSPS) is 15.8. The summed E-state index contributed by atoms with van der Waals surface area (Å²) < 4.78 is 24.2. The van der Waals surface area contributed by atoms with Crippen LogP contribution in [-0.2, 0) is 10.0 Å². The van der Waals surface area contributed by atoms with Crippen molar-refractivity contribution in [3.8, 4) is 0 Å². The fourth-order valence-corrected chi connectivity index (χ4v) is 5.20. The number of rotatable bonds is 4. The lowest BCUT2D eigenvalue weighted by Crippen LogP contribution is -2.33. The first-order valence-corrected chi connectivity index (χ1v) is 11.1. The van der Waals surface area contributed by atoms with Gasteiger partial charge >= 0.3 is 0 Å². The van der Waals surface area contributed by atoms with Crippen molar-refractivity contribution in [1.82, 2.24) is 4.98 Å². The Balaban J connectivity index is 1.55. The molecule has 0 unspecified atom stereocenters. The van der Waals surface area contributed by atoms with E-state index in [9.17, 15) is 18.5 Å². The third kappa shape index (κ3) is 3.58. The van der Waals surface area contributed by atoms with Crippen molar-refractivity contribution in [2.24, 2.45) is 5.14 Å². The van der Waals surface area contributed by atoms with Crippen LogP contribution >= 0.6 is 11.3 Å². The Kier molecular flexibility index (Phi) is 4.77. The van der Waals surface area contributed by atoms with Crippen LogP contribution in [0.5, 0.6) is 0 Å². The molecule has 0 radical (unpaired) electrons. The van der Waals surface area contributed by atoms with E-state index < -0.39 is 14.9 Å². The standard InChI is InChI=1S/C18H18N4O4S2/c19-28(25,26)13-5-6-15(16(11-13)22(23)24)21-9-7-12(8-10-21)18-20-14-3-1-2-4-17(14)27-18/h1-6,11-12H,7-10H2,(H2,19,25,26). The number of nitro groups is 1. The fraction of sp³-hybridized carbons (Fsp3) is 0.278. The highest BCUT2D eigenvalue weighted by Crippen LogP contribution is 2.37. The maximum Gasteiger partial charge on any atom is 0.293 e. The SMILES string of the molecule is NS(=O)(=O)c1ccc(N2CCC(c3nc4ccccc4s3)CC2)c([N+](=O)[O-])c1. The third-order valence-corrected chi connectivity index (χ3v) is 7.08. The zero-order valence-electron chi connectivity index (χ0n) is 14.8. The summed E-state index contributed by atoms with van der Waals surface area (Å²) in [6.45, 7) is 1.27. The summed E-state index contributed by atoms with van der Waals surface area (Å²) in [5, 5.41) is 17.7. The molecule has 2 heterocycles. The predicted octanol–water partition coefficient (Wildman–Crippen LogP) is 3.24. The molecule has 1 fully saturated rings. The van der Waals surface area contributed by atoms with Crippen molar-refractivity contribution in [2.45, 2.75) is 23.7 Å². The number of benzene rings is 2. The predicted molar refractivity (Wildman–Crippen MR) is 108 cm³/mol. The van der Waals surface area contributed by atoms with Crippen molar-refractivity contribution in [3.63, 3.8) is 0 Å². The molecule has 3 aromatic rings. The molecule has 1 aromatic heterocycles. The smallest absolute Gasteiger partial charge is 0.293 e. The topological polar surface area (TPSA) is 119 Å². The molecule has 1 aliphatic heterocycles. The molecular weight excluding hydrogens is 400 g/mol. The maximum atomic E-state index is 11.5. The number of sulfonamides is 1. The van der Waals surface area contributed by atoms with Crippen LogP contribution in [0.2, 0.25) is 0 Å². The molecule has 0 bridgehead atoms. The minimum atomic E-state index is -3.99. The first-order valence-electron chi connectivity index (χ1n) is 8.74. The van der Waals surface area contributed by atoms with Gasteiger partial charge in [-0.3, -0.25) is 10.1 Å². The molecule has 146 valence electrons. The van der Waals surface area contributed by atoms with Gasteiger partial charge in [-0.25, -0.2) is 18.5 Å². The average Bonchev–Trinajstić information content (AvgIpc) is 3.11. The minimum Gasteiger partial charge on any atom is -0.366 e. The van der Waals surface area contributed by atoms with Gasteiger partial charge in [0.15, 0.2) is 0 Å². The van der Waals surface area contributed by atoms with Gasteiger partial charge in [-0.2, -0.15) is 0 Å². The highest BCUT2D eigenvalue weighted by Gasteiger charge is 2.28. The number of hydrogen-bond donors (Lipinski definition) is 1. The number of nitro benzene ring substituents is 1. The molecule has 0 spiro atoms. The number of piperidine rings is 1. The van der Waals surface area contributed by atoms with Gasteiger partial charge in [0.1, 0.15) is 5.69 Å². The van der Waals surface area contributed by atoms with Crippen LogP contribution in [0.1, 0.15) is 23.8 Å². The van der Waals surface area contributed by atoms with Crippen LogP contribution in [0, 0.1) is 10.1 Å². The highest BCUT2D eigenvalue weighted by atomic mass is 32.2. The summed E-state index contributed by atoms with van der Waals surface area (Å²) in [7, 11) is -3.99. The van der Waals surface area contributed by atoms with E-state index in [0.717, 1.165) is 34.1 Å². The summed E-state index contributed by atoms with van der Waals surface area (Å²) in [6.07, 6.45) is 1.65. The molecule has 4 rings (SSSR count). The number of hydrogen-bond acceptors (Lipinski definition) is 7. The number of aromatic nitrogens is 1. The Morgan fingerprint density at radius 1 is 1.18 bits per heavy atom. The average molecular weight is 419 g/mol. The minimum absolute atomic E-state index is 0.245. The molecule has 0 amide bonds.